The van der Waals surface area contributed by atoms with Crippen molar-refractivity contribution in [3.05, 3.63) is 36.7 Å². The van der Waals surface area contributed by atoms with E-state index in [0.717, 1.165) is 24.2 Å². The van der Waals surface area contributed by atoms with Crippen molar-refractivity contribution >= 4 is 11.7 Å². The quantitative estimate of drug-likeness (QED) is 0.937. The van der Waals surface area contributed by atoms with Crippen LogP contribution in [0, 0.1) is 0 Å². The number of aromatic nitrogens is 2. The summed E-state index contributed by atoms with van der Waals surface area (Å²) in [5, 5.41) is 2.81. The second-order valence-corrected chi connectivity index (χ2v) is 4.97. The first-order valence-corrected chi connectivity index (χ1v) is 7.16. The molecule has 0 aliphatic carbocycles. The van der Waals surface area contributed by atoms with E-state index in [9.17, 15) is 4.79 Å². The maximum absolute atomic E-state index is 12.2. The van der Waals surface area contributed by atoms with E-state index >= 15 is 0 Å². The number of amides is 1. The van der Waals surface area contributed by atoms with Crippen LogP contribution in [0.1, 0.15) is 12.8 Å². The molecule has 1 amide bonds. The fourth-order valence-corrected chi connectivity index (χ4v) is 2.37. The normalized spacial score (nSPS) is 17.2. The second kappa shape index (κ2) is 6.53. The second-order valence-electron chi connectivity index (χ2n) is 4.97. The van der Waals surface area contributed by atoms with Crippen LogP contribution >= 0.6 is 0 Å². The van der Waals surface area contributed by atoms with E-state index in [-0.39, 0.29) is 5.91 Å². The molecule has 1 N–H and O–H groups in total. The number of hydrogen-bond acceptors (Lipinski definition) is 5. The first kappa shape index (κ1) is 14.5. The van der Waals surface area contributed by atoms with Gasteiger partial charge in [-0.05, 0) is 37.1 Å². The molecule has 0 bridgehead atoms. The first-order chi connectivity index (χ1) is 10.8. The Labute approximate surface area is 128 Å². The number of anilines is 1. The van der Waals surface area contributed by atoms with Crippen molar-refractivity contribution in [2.45, 2.75) is 18.9 Å². The number of hydrogen-bond donors (Lipinski definition) is 1. The molecule has 1 atom stereocenters. The molecule has 22 heavy (non-hydrogen) atoms. The average Bonchev–Trinajstić information content (AvgIpc) is 3.10. The molecule has 0 radical (unpaired) electrons. The van der Waals surface area contributed by atoms with E-state index in [4.69, 9.17) is 9.47 Å². The molecule has 6 heteroatoms. The Morgan fingerprint density at radius 3 is 2.73 bits per heavy atom. The van der Waals surface area contributed by atoms with Crippen molar-refractivity contribution in [3.63, 3.8) is 0 Å². The third-order valence-electron chi connectivity index (χ3n) is 3.53. The van der Waals surface area contributed by atoms with Gasteiger partial charge in [0.2, 0.25) is 0 Å². The molecule has 1 aromatic carbocycles. The SMILES string of the molecule is COc1ccc(-c2nccnc2NC(=O)C2CCCO2)cc1. The molecule has 1 aliphatic heterocycles. The van der Waals surface area contributed by atoms with Gasteiger partial charge in [0.05, 0.1) is 7.11 Å². The zero-order chi connectivity index (χ0) is 15.4. The number of methoxy groups -OCH3 is 1. The number of carbonyl (C=O) groups excluding carboxylic acids is 1. The van der Waals surface area contributed by atoms with Crippen LogP contribution in [-0.4, -0.2) is 35.7 Å². The predicted molar refractivity (Wildman–Crippen MR) is 81.6 cm³/mol. The van der Waals surface area contributed by atoms with Gasteiger partial charge in [-0.25, -0.2) is 4.98 Å². The minimum atomic E-state index is -0.397. The van der Waals surface area contributed by atoms with Crippen molar-refractivity contribution in [2.24, 2.45) is 0 Å². The minimum Gasteiger partial charge on any atom is -0.497 e. The van der Waals surface area contributed by atoms with Gasteiger partial charge in [0.15, 0.2) is 5.82 Å². The summed E-state index contributed by atoms with van der Waals surface area (Å²) >= 11 is 0. The monoisotopic (exact) mass is 299 g/mol. The Bertz CT molecular complexity index is 652. The highest BCUT2D eigenvalue weighted by molar-refractivity contribution is 5.96. The molecule has 2 heterocycles. The Balaban J connectivity index is 1.83. The predicted octanol–water partition coefficient (Wildman–Crippen LogP) is 2.27. The maximum atomic E-state index is 12.2. The van der Waals surface area contributed by atoms with Gasteiger partial charge in [0.25, 0.3) is 5.91 Å². The standard InChI is InChI=1S/C16H17N3O3/c1-21-12-6-4-11(5-7-12)14-15(18-9-8-17-14)19-16(20)13-3-2-10-22-13/h4-9,13H,2-3,10H2,1H3,(H,18,19,20). The van der Waals surface area contributed by atoms with E-state index < -0.39 is 6.10 Å². The van der Waals surface area contributed by atoms with Gasteiger partial charge < -0.3 is 14.8 Å². The van der Waals surface area contributed by atoms with Crippen LogP contribution in [0.4, 0.5) is 5.82 Å². The molecular weight excluding hydrogens is 282 g/mol. The Morgan fingerprint density at radius 1 is 1.27 bits per heavy atom. The highest BCUT2D eigenvalue weighted by atomic mass is 16.5. The summed E-state index contributed by atoms with van der Waals surface area (Å²) in [5.74, 6) is 1.03. The first-order valence-electron chi connectivity index (χ1n) is 7.16. The lowest BCUT2D eigenvalue weighted by Gasteiger charge is -2.12. The summed E-state index contributed by atoms with van der Waals surface area (Å²) in [4.78, 5) is 20.7. The van der Waals surface area contributed by atoms with Crippen LogP contribution in [0.25, 0.3) is 11.3 Å². The van der Waals surface area contributed by atoms with Gasteiger partial charge in [-0.1, -0.05) is 0 Å². The summed E-state index contributed by atoms with van der Waals surface area (Å²) in [7, 11) is 1.62. The summed E-state index contributed by atoms with van der Waals surface area (Å²) < 4.78 is 10.5. The summed E-state index contributed by atoms with van der Waals surface area (Å²) in [6.07, 6.45) is 4.40. The van der Waals surface area contributed by atoms with Gasteiger partial charge in [0.1, 0.15) is 17.5 Å². The van der Waals surface area contributed by atoms with E-state index in [0.29, 0.717) is 18.1 Å². The van der Waals surface area contributed by atoms with E-state index in [1.54, 1.807) is 19.5 Å². The lowest BCUT2D eigenvalue weighted by atomic mass is 10.1. The molecule has 3 rings (SSSR count). The molecule has 0 saturated carbocycles. The zero-order valence-electron chi connectivity index (χ0n) is 12.3. The van der Waals surface area contributed by atoms with Gasteiger partial charge in [-0.3, -0.25) is 9.78 Å². The molecule has 1 aliphatic rings. The van der Waals surface area contributed by atoms with Crippen LogP contribution in [-0.2, 0) is 9.53 Å². The molecule has 114 valence electrons. The van der Waals surface area contributed by atoms with Gasteiger partial charge in [-0.2, -0.15) is 0 Å². The lowest BCUT2D eigenvalue weighted by molar-refractivity contribution is -0.124. The Kier molecular flexibility index (Phi) is 4.29. The van der Waals surface area contributed by atoms with Crippen LogP contribution in [0.15, 0.2) is 36.7 Å². The minimum absolute atomic E-state index is 0.173. The van der Waals surface area contributed by atoms with Crippen molar-refractivity contribution < 1.29 is 14.3 Å². The summed E-state index contributed by atoms with van der Waals surface area (Å²) in [6, 6.07) is 7.44. The zero-order valence-corrected chi connectivity index (χ0v) is 12.3. The lowest BCUT2D eigenvalue weighted by Crippen LogP contribution is -2.27. The number of nitrogens with zero attached hydrogens (tertiary/aromatic N) is 2. The molecule has 2 aromatic rings. The third kappa shape index (κ3) is 3.07. The van der Waals surface area contributed by atoms with Gasteiger partial charge in [0, 0.05) is 24.6 Å². The maximum Gasteiger partial charge on any atom is 0.254 e. The van der Waals surface area contributed by atoms with E-state index in [1.807, 2.05) is 24.3 Å². The van der Waals surface area contributed by atoms with Crippen LogP contribution in [0.5, 0.6) is 5.75 Å². The van der Waals surface area contributed by atoms with Crippen molar-refractivity contribution in [1.82, 2.24) is 9.97 Å². The fraction of sp³-hybridized carbons (Fsp3) is 0.312. The average molecular weight is 299 g/mol. The molecule has 6 nitrogen and oxygen atoms in total. The third-order valence-corrected chi connectivity index (χ3v) is 3.53. The highest BCUT2D eigenvalue weighted by Crippen LogP contribution is 2.26. The number of nitrogens with one attached hydrogen (secondary N) is 1. The number of ether oxygens (including phenoxy) is 2. The van der Waals surface area contributed by atoms with E-state index in [1.165, 1.54) is 0 Å². The molecule has 1 aromatic heterocycles. The highest BCUT2D eigenvalue weighted by Gasteiger charge is 2.24. The van der Waals surface area contributed by atoms with E-state index in [2.05, 4.69) is 15.3 Å². The summed E-state index contributed by atoms with van der Waals surface area (Å²) in [5.41, 5.74) is 1.48. The van der Waals surface area contributed by atoms with Crippen molar-refractivity contribution in [1.29, 1.82) is 0 Å². The molecule has 1 saturated heterocycles. The van der Waals surface area contributed by atoms with Crippen molar-refractivity contribution in [3.8, 4) is 17.0 Å². The molecule has 1 fully saturated rings. The topological polar surface area (TPSA) is 73.3 Å². The summed E-state index contributed by atoms with van der Waals surface area (Å²) in [6.45, 7) is 0.629. The molecule has 0 spiro atoms. The molecular formula is C16H17N3O3. The van der Waals surface area contributed by atoms with Crippen LogP contribution in [0.2, 0.25) is 0 Å². The van der Waals surface area contributed by atoms with Gasteiger partial charge >= 0.3 is 0 Å². The molecule has 1 unspecified atom stereocenters. The van der Waals surface area contributed by atoms with Crippen LogP contribution in [0.3, 0.4) is 0 Å². The largest absolute Gasteiger partial charge is 0.497 e. The number of rotatable bonds is 4. The number of benzene rings is 1. The Morgan fingerprint density at radius 2 is 2.05 bits per heavy atom. The Hall–Kier alpha value is -2.47. The smallest absolute Gasteiger partial charge is 0.254 e. The fourth-order valence-electron chi connectivity index (χ4n) is 2.37. The van der Waals surface area contributed by atoms with Crippen LogP contribution < -0.4 is 10.1 Å². The van der Waals surface area contributed by atoms with Gasteiger partial charge in [-0.15, -0.1) is 0 Å². The number of carbonyl (C=O) groups is 1. The van der Waals surface area contributed by atoms with Crippen molar-refractivity contribution in [2.75, 3.05) is 19.0 Å².